The van der Waals surface area contributed by atoms with Gasteiger partial charge in [0.1, 0.15) is 11.8 Å². The van der Waals surface area contributed by atoms with E-state index in [9.17, 15) is 0 Å². The van der Waals surface area contributed by atoms with Crippen molar-refractivity contribution < 1.29 is 10.5 Å². The summed E-state index contributed by atoms with van der Waals surface area (Å²) in [6.45, 7) is 2.06. The molecule has 0 aliphatic heterocycles. The van der Waals surface area contributed by atoms with Crippen LogP contribution in [-0.2, 0) is 0 Å². The van der Waals surface area contributed by atoms with E-state index < -0.39 is 0 Å². The summed E-state index contributed by atoms with van der Waals surface area (Å²) in [5, 5.41) is 0. The molecule has 0 fully saturated rings. The van der Waals surface area contributed by atoms with Gasteiger partial charge in [-0.25, -0.2) is 0 Å². The van der Waals surface area contributed by atoms with Crippen LogP contribution in [0.4, 0.5) is 0 Å². The van der Waals surface area contributed by atoms with E-state index in [1.54, 1.807) is 7.11 Å². The number of hydrogen-bond donors (Lipinski definition) is 1. The van der Waals surface area contributed by atoms with Crippen LogP contribution in [0.3, 0.4) is 0 Å². The van der Waals surface area contributed by atoms with E-state index in [0.29, 0.717) is 6.04 Å². The predicted molar refractivity (Wildman–Crippen MR) is 44.3 cm³/mol. The summed E-state index contributed by atoms with van der Waals surface area (Å²) in [6.07, 6.45) is 0. The van der Waals surface area contributed by atoms with Crippen molar-refractivity contribution in [2.75, 3.05) is 7.11 Å². The zero-order valence-electron chi connectivity index (χ0n) is 7.00. The average Bonchev–Trinajstić information content (AvgIpc) is 2.05. The normalized spacial score (nSPS) is 12.6. The fourth-order valence-electron chi connectivity index (χ4n) is 0.948. The molecule has 60 valence electrons. The Balaban J connectivity index is 2.91. The van der Waals surface area contributed by atoms with Crippen LogP contribution in [0.1, 0.15) is 18.5 Å². The summed E-state index contributed by atoms with van der Waals surface area (Å²) in [5.74, 6) is 0.901. The fourth-order valence-corrected chi connectivity index (χ4v) is 0.948. The third-order valence-corrected chi connectivity index (χ3v) is 1.66. The smallest absolute Gasteiger partial charge is 0.119 e. The first-order valence-corrected chi connectivity index (χ1v) is 3.71. The molecule has 1 atom stereocenters. The van der Waals surface area contributed by atoms with Crippen molar-refractivity contribution in [3.8, 4) is 5.75 Å². The second-order valence-electron chi connectivity index (χ2n) is 2.68. The molecule has 0 aliphatic carbocycles. The van der Waals surface area contributed by atoms with Crippen LogP contribution in [0.15, 0.2) is 24.3 Å². The van der Waals surface area contributed by atoms with Crippen LogP contribution in [0.25, 0.3) is 0 Å². The van der Waals surface area contributed by atoms with Gasteiger partial charge in [0.25, 0.3) is 0 Å². The molecule has 1 aromatic carbocycles. The van der Waals surface area contributed by atoms with Gasteiger partial charge in [-0.15, -0.1) is 0 Å². The number of methoxy groups -OCH3 is 1. The predicted octanol–water partition coefficient (Wildman–Crippen LogP) is 0.998. The zero-order chi connectivity index (χ0) is 8.27. The van der Waals surface area contributed by atoms with Crippen molar-refractivity contribution in [1.82, 2.24) is 0 Å². The third-order valence-electron chi connectivity index (χ3n) is 1.66. The lowest BCUT2D eigenvalue weighted by molar-refractivity contribution is -0.420. The molecule has 2 nitrogen and oxygen atoms in total. The highest BCUT2D eigenvalue weighted by atomic mass is 16.5. The summed E-state index contributed by atoms with van der Waals surface area (Å²) >= 11 is 0. The van der Waals surface area contributed by atoms with Gasteiger partial charge in [0, 0.05) is 5.56 Å². The van der Waals surface area contributed by atoms with E-state index in [-0.39, 0.29) is 0 Å². The molecule has 0 bridgehead atoms. The standard InChI is InChI=1S/C9H13NO/c1-7(10)8-4-3-5-9(6-8)11-2/h3-7H,10H2,1-2H3/p+1. The number of quaternary nitrogens is 1. The number of ether oxygens (including phenoxy) is 1. The Hall–Kier alpha value is -1.02. The minimum atomic E-state index is 0.324. The highest BCUT2D eigenvalue weighted by molar-refractivity contribution is 5.29. The van der Waals surface area contributed by atoms with E-state index in [0.717, 1.165) is 5.75 Å². The first-order valence-electron chi connectivity index (χ1n) is 3.71. The SMILES string of the molecule is COc1cccc(C(C)[NH3+])c1. The van der Waals surface area contributed by atoms with Crippen molar-refractivity contribution in [2.45, 2.75) is 13.0 Å². The Labute approximate surface area is 67.0 Å². The monoisotopic (exact) mass is 152 g/mol. The maximum Gasteiger partial charge on any atom is 0.119 e. The van der Waals surface area contributed by atoms with E-state index >= 15 is 0 Å². The van der Waals surface area contributed by atoms with E-state index in [1.165, 1.54) is 5.56 Å². The van der Waals surface area contributed by atoms with Crippen LogP contribution in [0.2, 0.25) is 0 Å². The summed E-state index contributed by atoms with van der Waals surface area (Å²) in [4.78, 5) is 0. The van der Waals surface area contributed by atoms with Crippen LogP contribution >= 0.6 is 0 Å². The largest absolute Gasteiger partial charge is 0.497 e. The second-order valence-corrected chi connectivity index (χ2v) is 2.68. The number of rotatable bonds is 2. The summed E-state index contributed by atoms with van der Waals surface area (Å²) in [7, 11) is 1.67. The van der Waals surface area contributed by atoms with Gasteiger partial charge in [0.05, 0.1) is 7.11 Å². The van der Waals surface area contributed by atoms with Crippen molar-refractivity contribution in [2.24, 2.45) is 0 Å². The average molecular weight is 152 g/mol. The first kappa shape index (κ1) is 8.08. The molecule has 2 heteroatoms. The Morgan fingerprint density at radius 3 is 2.73 bits per heavy atom. The molecular formula is C9H14NO+. The van der Waals surface area contributed by atoms with Gasteiger partial charge >= 0.3 is 0 Å². The van der Waals surface area contributed by atoms with Crippen LogP contribution in [0, 0.1) is 0 Å². The number of benzene rings is 1. The fraction of sp³-hybridized carbons (Fsp3) is 0.333. The molecule has 3 N–H and O–H groups in total. The van der Waals surface area contributed by atoms with Gasteiger partial charge in [-0.1, -0.05) is 12.1 Å². The second kappa shape index (κ2) is 3.39. The molecule has 0 radical (unpaired) electrons. The van der Waals surface area contributed by atoms with E-state index in [2.05, 4.69) is 18.7 Å². The molecule has 0 saturated heterocycles. The summed E-state index contributed by atoms with van der Waals surface area (Å²) in [5.41, 5.74) is 5.14. The molecule has 11 heavy (non-hydrogen) atoms. The van der Waals surface area contributed by atoms with Gasteiger partial charge in [0.2, 0.25) is 0 Å². The Morgan fingerprint density at radius 2 is 2.18 bits per heavy atom. The molecule has 0 spiro atoms. The summed E-state index contributed by atoms with van der Waals surface area (Å²) in [6, 6.07) is 8.31. The molecular weight excluding hydrogens is 138 g/mol. The Kier molecular flexibility index (Phi) is 2.49. The van der Waals surface area contributed by atoms with Gasteiger partial charge < -0.3 is 10.5 Å². The molecule has 1 rings (SSSR count). The van der Waals surface area contributed by atoms with Crippen molar-refractivity contribution in [1.29, 1.82) is 0 Å². The molecule has 0 heterocycles. The minimum absolute atomic E-state index is 0.324. The molecule has 0 aliphatic rings. The maximum atomic E-state index is 5.08. The van der Waals surface area contributed by atoms with E-state index in [1.807, 2.05) is 18.2 Å². The lowest BCUT2D eigenvalue weighted by Gasteiger charge is -2.04. The quantitative estimate of drug-likeness (QED) is 0.674. The first-order chi connectivity index (χ1) is 5.24. The molecule has 0 amide bonds. The third kappa shape index (κ3) is 1.95. The van der Waals surface area contributed by atoms with Crippen LogP contribution in [0.5, 0.6) is 5.75 Å². The zero-order valence-corrected chi connectivity index (χ0v) is 7.00. The summed E-state index contributed by atoms with van der Waals surface area (Å²) < 4.78 is 5.08. The van der Waals surface area contributed by atoms with Gasteiger partial charge in [0.15, 0.2) is 0 Å². The van der Waals surface area contributed by atoms with Crippen molar-refractivity contribution >= 4 is 0 Å². The lowest BCUT2D eigenvalue weighted by atomic mass is 10.1. The molecule has 1 aromatic rings. The van der Waals surface area contributed by atoms with Crippen LogP contribution in [-0.4, -0.2) is 7.11 Å². The van der Waals surface area contributed by atoms with Gasteiger partial charge in [-0.3, -0.25) is 0 Å². The molecule has 0 aromatic heterocycles. The number of hydrogen-bond acceptors (Lipinski definition) is 1. The Morgan fingerprint density at radius 1 is 1.45 bits per heavy atom. The molecule has 0 saturated carbocycles. The lowest BCUT2D eigenvalue weighted by Crippen LogP contribution is -2.51. The maximum absolute atomic E-state index is 5.08. The highest BCUT2D eigenvalue weighted by Crippen LogP contribution is 2.15. The molecule has 1 unspecified atom stereocenters. The van der Waals surface area contributed by atoms with E-state index in [4.69, 9.17) is 4.74 Å². The van der Waals surface area contributed by atoms with Gasteiger partial charge in [-0.05, 0) is 19.1 Å². The minimum Gasteiger partial charge on any atom is -0.497 e. The van der Waals surface area contributed by atoms with Crippen molar-refractivity contribution in [3.05, 3.63) is 29.8 Å². The van der Waals surface area contributed by atoms with Gasteiger partial charge in [-0.2, -0.15) is 0 Å². The topological polar surface area (TPSA) is 36.9 Å². The Bertz CT molecular complexity index is 233. The van der Waals surface area contributed by atoms with Crippen molar-refractivity contribution in [3.63, 3.8) is 0 Å². The van der Waals surface area contributed by atoms with Crippen LogP contribution < -0.4 is 10.5 Å². The highest BCUT2D eigenvalue weighted by Gasteiger charge is 2.01.